The highest BCUT2D eigenvalue weighted by Gasteiger charge is 2.31. The Kier molecular flexibility index (Phi) is 4.37. The predicted molar refractivity (Wildman–Crippen MR) is 85.0 cm³/mol. The first-order valence-corrected chi connectivity index (χ1v) is 7.20. The summed E-state index contributed by atoms with van der Waals surface area (Å²) in [5.41, 5.74) is 4.33. The highest BCUT2D eigenvalue weighted by atomic mass is 19.4. The number of nitrogen functional groups attached to an aromatic ring is 1. The van der Waals surface area contributed by atoms with Crippen LogP contribution in [0.5, 0.6) is 17.4 Å². The topological polar surface area (TPSA) is 81.3 Å². The first-order chi connectivity index (χ1) is 12.3. The molecule has 0 aliphatic carbocycles. The average molecular weight is 365 g/mol. The second-order valence-electron chi connectivity index (χ2n) is 5.23. The number of phenols is 1. The highest BCUT2D eigenvalue weighted by Crippen LogP contribution is 2.36. The Hall–Kier alpha value is -3.36. The third-order valence-electron chi connectivity index (χ3n) is 3.45. The number of alkyl halides is 3. The molecule has 3 N–H and O–H groups in total. The summed E-state index contributed by atoms with van der Waals surface area (Å²) in [5, 5.41) is 9.25. The van der Waals surface area contributed by atoms with Gasteiger partial charge < -0.3 is 15.6 Å². The maximum Gasteiger partial charge on any atom is 0.416 e. The molecule has 0 amide bonds. The zero-order valence-corrected chi connectivity index (χ0v) is 13.0. The number of aromatic nitrogens is 2. The summed E-state index contributed by atoms with van der Waals surface area (Å²) in [4.78, 5) is 7.69. The van der Waals surface area contributed by atoms with Crippen LogP contribution in [0.4, 0.5) is 23.2 Å². The standard InChI is InChI=1S/C17H11F4N3O2/c18-13-7-9(17(19,20)21)1-6-12(13)15-14(22)16(24-8-23-15)26-11-4-2-10(25)3-5-11/h1-8,25H,22H2. The molecule has 0 radical (unpaired) electrons. The molecule has 0 saturated carbocycles. The molecule has 0 aliphatic heterocycles. The molecule has 0 atom stereocenters. The van der Waals surface area contributed by atoms with E-state index in [1.807, 2.05) is 0 Å². The van der Waals surface area contributed by atoms with Crippen molar-refractivity contribution in [3.8, 4) is 28.6 Å². The Morgan fingerprint density at radius 1 is 1.00 bits per heavy atom. The normalized spacial score (nSPS) is 11.4. The summed E-state index contributed by atoms with van der Waals surface area (Å²) >= 11 is 0. The van der Waals surface area contributed by atoms with Crippen LogP contribution < -0.4 is 10.5 Å². The van der Waals surface area contributed by atoms with E-state index in [1.165, 1.54) is 24.3 Å². The lowest BCUT2D eigenvalue weighted by molar-refractivity contribution is -0.137. The summed E-state index contributed by atoms with van der Waals surface area (Å²) in [6, 6.07) is 7.72. The summed E-state index contributed by atoms with van der Waals surface area (Å²) in [6.45, 7) is 0. The first-order valence-electron chi connectivity index (χ1n) is 7.20. The number of benzene rings is 2. The largest absolute Gasteiger partial charge is 0.508 e. The van der Waals surface area contributed by atoms with E-state index < -0.39 is 17.6 Å². The number of phenolic OH excluding ortho intramolecular Hbond substituents is 1. The van der Waals surface area contributed by atoms with Crippen LogP contribution in [-0.4, -0.2) is 15.1 Å². The Bertz CT molecular complexity index is 944. The van der Waals surface area contributed by atoms with Crippen LogP contribution in [0.15, 0.2) is 48.8 Å². The molecule has 5 nitrogen and oxygen atoms in total. The van der Waals surface area contributed by atoms with Gasteiger partial charge in [-0.2, -0.15) is 18.2 Å². The van der Waals surface area contributed by atoms with Crippen molar-refractivity contribution in [3.05, 3.63) is 60.2 Å². The monoisotopic (exact) mass is 365 g/mol. The van der Waals surface area contributed by atoms with Gasteiger partial charge in [0.05, 0.1) is 5.56 Å². The fourth-order valence-corrected chi connectivity index (χ4v) is 2.18. The maximum atomic E-state index is 14.2. The third-order valence-corrected chi connectivity index (χ3v) is 3.45. The van der Waals surface area contributed by atoms with Crippen molar-refractivity contribution >= 4 is 5.69 Å². The van der Waals surface area contributed by atoms with E-state index in [0.717, 1.165) is 18.5 Å². The number of halogens is 4. The molecule has 0 aliphatic rings. The van der Waals surface area contributed by atoms with Gasteiger partial charge in [-0.3, -0.25) is 0 Å². The first kappa shape index (κ1) is 17.5. The lowest BCUT2D eigenvalue weighted by Gasteiger charge is -2.12. The molecule has 0 unspecified atom stereocenters. The molecule has 3 rings (SSSR count). The summed E-state index contributed by atoms with van der Waals surface area (Å²) in [6.07, 6.45) is -3.61. The van der Waals surface area contributed by atoms with E-state index in [4.69, 9.17) is 10.5 Å². The van der Waals surface area contributed by atoms with E-state index in [1.54, 1.807) is 0 Å². The highest BCUT2D eigenvalue weighted by molar-refractivity contribution is 5.76. The Morgan fingerprint density at radius 2 is 1.69 bits per heavy atom. The molecular weight excluding hydrogens is 354 g/mol. The van der Waals surface area contributed by atoms with E-state index in [9.17, 15) is 22.7 Å². The van der Waals surface area contributed by atoms with Gasteiger partial charge in [-0.25, -0.2) is 9.37 Å². The molecule has 134 valence electrons. The fraction of sp³-hybridized carbons (Fsp3) is 0.0588. The molecule has 0 saturated heterocycles. The van der Waals surface area contributed by atoms with Gasteiger partial charge in [0.1, 0.15) is 35.0 Å². The summed E-state index contributed by atoms with van der Waals surface area (Å²) in [5.74, 6) is -0.895. The van der Waals surface area contributed by atoms with Gasteiger partial charge in [-0.15, -0.1) is 0 Å². The van der Waals surface area contributed by atoms with Crippen LogP contribution in [-0.2, 0) is 6.18 Å². The average Bonchev–Trinajstić information content (AvgIpc) is 2.58. The van der Waals surface area contributed by atoms with E-state index >= 15 is 0 Å². The lowest BCUT2D eigenvalue weighted by Crippen LogP contribution is -2.06. The van der Waals surface area contributed by atoms with Crippen LogP contribution in [0.2, 0.25) is 0 Å². The number of hydrogen-bond acceptors (Lipinski definition) is 5. The Labute approximate surface area is 144 Å². The van der Waals surface area contributed by atoms with Crippen molar-refractivity contribution in [2.75, 3.05) is 5.73 Å². The van der Waals surface area contributed by atoms with Gasteiger partial charge >= 0.3 is 6.18 Å². The second kappa shape index (κ2) is 6.51. The van der Waals surface area contributed by atoms with Crippen LogP contribution in [0.1, 0.15) is 5.56 Å². The van der Waals surface area contributed by atoms with Crippen molar-refractivity contribution in [1.82, 2.24) is 9.97 Å². The number of rotatable bonds is 3. The zero-order valence-electron chi connectivity index (χ0n) is 13.0. The van der Waals surface area contributed by atoms with E-state index in [2.05, 4.69) is 9.97 Å². The smallest absolute Gasteiger partial charge is 0.416 e. The van der Waals surface area contributed by atoms with Crippen molar-refractivity contribution in [1.29, 1.82) is 0 Å². The zero-order chi connectivity index (χ0) is 18.9. The number of aromatic hydroxyl groups is 1. The Balaban J connectivity index is 1.98. The van der Waals surface area contributed by atoms with Crippen LogP contribution >= 0.6 is 0 Å². The fourth-order valence-electron chi connectivity index (χ4n) is 2.18. The third kappa shape index (κ3) is 3.51. The molecule has 3 aromatic rings. The van der Waals surface area contributed by atoms with Crippen LogP contribution in [0.25, 0.3) is 11.3 Å². The van der Waals surface area contributed by atoms with Gasteiger partial charge in [0, 0.05) is 5.56 Å². The molecule has 0 fully saturated rings. The van der Waals surface area contributed by atoms with Crippen LogP contribution in [0, 0.1) is 5.82 Å². The molecule has 1 heterocycles. The van der Waals surface area contributed by atoms with Crippen molar-refractivity contribution in [2.45, 2.75) is 6.18 Å². The quantitative estimate of drug-likeness (QED) is 0.673. The number of nitrogens with zero attached hydrogens (tertiary/aromatic N) is 2. The van der Waals surface area contributed by atoms with E-state index in [-0.39, 0.29) is 28.6 Å². The molecule has 1 aromatic heterocycles. The molecule has 2 aromatic carbocycles. The number of ether oxygens (including phenoxy) is 1. The molecule has 9 heteroatoms. The molecule has 0 bridgehead atoms. The van der Waals surface area contributed by atoms with Gasteiger partial charge in [0.2, 0.25) is 5.88 Å². The summed E-state index contributed by atoms with van der Waals surface area (Å²) in [7, 11) is 0. The SMILES string of the molecule is Nc1c(Oc2ccc(O)cc2)ncnc1-c1ccc(C(F)(F)F)cc1F. The number of hydrogen-bond donors (Lipinski definition) is 2. The molecular formula is C17H11F4N3O2. The number of anilines is 1. The number of nitrogens with two attached hydrogens (primary N) is 1. The van der Waals surface area contributed by atoms with Crippen molar-refractivity contribution in [2.24, 2.45) is 0 Å². The van der Waals surface area contributed by atoms with Gasteiger partial charge in [-0.1, -0.05) is 0 Å². The van der Waals surface area contributed by atoms with Crippen LogP contribution in [0.3, 0.4) is 0 Å². The predicted octanol–water partition coefficient (Wildman–Crippen LogP) is 4.38. The summed E-state index contributed by atoms with van der Waals surface area (Å²) < 4.78 is 57.6. The second-order valence-corrected chi connectivity index (χ2v) is 5.23. The van der Waals surface area contributed by atoms with Gasteiger partial charge in [0.25, 0.3) is 0 Å². The minimum atomic E-state index is -4.66. The minimum Gasteiger partial charge on any atom is -0.508 e. The van der Waals surface area contributed by atoms with Crippen molar-refractivity contribution in [3.63, 3.8) is 0 Å². The maximum absolute atomic E-state index is 14.2. The van der Waals surface area contributed by atoms with E-state index in [0.29, 0.717) is 11.8 Å². The minimum absolute atomic E-state index is 0.0283. The Morgan fingerprint density at radius 3 is 2.31 bits per heavy atom. The van der Waals surface area contributed by atoms with Gasteiger partial charge in [-0.05, 0) is 42.5 Å². The van der Waals surface area contributed by atoms with Gasteiger partial charge in [0.15, 0.2) is 0 Å². The van der Waals surface area contributed by atoms with Crippen molar-refractivity contribution < 1.29 is 27.4 Å². The molecule has 26 heavy (non-hydrogen) atoms. The lowest BCUT2D eigenvalue weighted by atomic mass is 10.1. The molecule has 0 spiro atoms.